The van der Waals surface area contributed by atoms with Crippen LogP contribution in [0.15, 0.2) is 18.2 Å². The molecule has 0 bridgehead atoms. The maximum Gasteiger partial charge on any atom is 0.251 e. The first kappa shape index (κ1) is 18.7. The van der Waals surface area contributed by atoms with Gasteiger partial charge in [-0.15, -0.1) is 0 Å². The number of hydrogen-bond donors (Lipinski definition) is 1. The Balaban J connectivity index is 1.42. The van der Waals surface area contributed by atoms with Crippen LogP contribution in [-0.2, 0) is 0 Å². The molecule has 0 spiro atoms. The minimum absolute atomic E-state index is 0.0293. The lowest BCUT2D eigenvalue weighted by Gasteiger charge is -2.29. The Labute approximate surface area is 165 Å². The van der Waals surface area contributed by atoms with E-state index in [0.717, 1.165) is 59.6 Å². The van der Waals surface area contributed by atoms with Gasteiger partial charge in [0.2, 0.25) is 0 Å². The van der Waals surface area contributed by atoms with Crippen molar-refractivity contribution in [1.82, 2.24) is 15.2 Å². The normalized spacial score (nSPS) is 21.9. The maximum absolute atomic E-state index is 12.6. The number of carbonyl (C=O) groups excluding carboxylic acids is 1. The van der Waals surface area contributed by atoms with E-state index in [4.69, 9.17) is 4.98 Å². The van der Waals surface area contributed by atoms with E-state index in [1.165, 1.54) is 25.7 Å². The fraction of sp³-hybridized carbons (Fsp3) is 0.619. The third-order valence-corrected chi connectivity index (χ3v) is 7.18. The van der Waals surface area contributed by atoms with Crippen LogP contribution in [0.1, 0.15) is 49.9 Å². The van der Waals surface area contributed by atoms with E-state index in [0.29, 0.717) is 6.04 Å². The van der Waals surface area contributed by atoms with E-state index in [9.17, 15) is 4.79 Å². The molecule has 1 aromatic heterocycles. The zero-order valence-corrected chi connectivity index (χ0v) is 17.2. The van der Waals surface area contributed by atoms with Gasteiger partial charge in [0.25, 0.3) is 5.91 Å². The van der Waals surface area contributed by atoms with Crippen molar-refractivity contribution in [3.05, 3.63) is 23.8 Å². The SMILES string of the molecule is CCN1CCC[C@@H]1CNC(=O)c1ccc2nc(N3CCC(C)CC3)sc2c1. The molecular weight excluding hydrogens is 356 g/mol. The summed E-state index contributed by atoms with van der Waals surface area (Å²) in [6.07, 6.45) is 4.89. The number of benzene rings is 1. The van der Waals surface area contributed by atoms with Crippen LogP contribution in [0.25, 0.3) is 10.2 Å². The summed E-state index contributed by atoms with van der Waals surface area (Å²) in [7, 11) is 0. The lowest BCUT2D eigenvalue weighted by molar-refractivity contribution is 0.0941. The molecule has 2 saturated heterocycles. The molecule has 1 atom stereocenters. The van der Waals surface area contributed by atoms with Crippen molar-refractivity contribution in [2.45, 2.75) is 45.6 Å². The van der Waals surface area contributed by atoms with Gasteiger partial charge in [0.15, 0.2) is 5.13 Å². The second-order valence-electron chi connectivity index (χ2n) is 7.98. The molecule has 3 heterocycles. The lowest BCUT2D eigenvalue weighted by Crippen LogP contribution is -2.40. The van der Waals surface area contributed by atoms with Crippen LogP contribution in [0, 0.1) is 5.92 Å². The number of carbonyl (C=O) groups is 1. The summed E-state index contributed by atoms with van der Waals surface area (Å²) in [6.45, 7) is 9.65. The second-order valence-corrected chi connectivity index (χ2v) is 8.99. The molecule has 4 rings (SSSR count). The first-order valence-electron chi connectivity index (χ1n) is 10.3. The number of nitrogens with one attached hydrogen (secondary N) is 1. The van der Waals surface area contributed by atoms with E-state index in [1.54, 1.807) is 11.3 Å². The van der Waals surface area contributed by atoms with Crippen molar-refractivity contribution < 1.29 is 4.79 Å². The molecule has 0 radical (unpaired) electrons. The summed E-state index contributed by atoms with van der Waals surface area (Å²) in [5, 5.41) is 4.23. The Hall–Kier alpha value is -1.66. The molecule has 6 heteroatoms. The topological polar surface area (TPSA) is 48.5 Å². The van der Waals surface area contributed by atoms with E-state index >= 15 is 0 Å². The van der Waals surface area contributed by atoms with Crippen molar-refractivity contribution in [2.24, 2.45) is 5.92 Å². The van der Waals surface area contributed by atoms with Gasteiger partial charge in [-0.05, 0) is 62.9 Å². The average molecular weight is 387 g/mol. The molecular formula is C21H30N4OS. The first-order chi connectivity index (χ1) is 13.1. The molecule has 1 amide bonds. The second kappa shape index (κ2) is 8.15. The fourth-order valence-electron chi connectivity index (χ4n) is 4.24. The standard InChI is InChI=1S/C21H30N4OS/c1-3-24-10-4-5-17(24)14-22-20(26)16-6-7-18-19(13-16)27-21(23-18)25-11-8-15(2)9-12-25/h6-7,13,15,17H,3-5,8-12,14H2,1-2H3,(H,22,26)/t17-/m1/s1. The van der Waals surface area contributed by atoms with Gasteiger partial charge in [0, 0.05) is 31.2 Å². The Morgan fingerprint density at radius 3 is 2.85 bits per heavy atom. The van der Waals surface area contributed by atoms with E-state index in [2.05, 4.69) is 29.0 Å². The zero-order chi connectivity index (χ0) is 18.8. The van der Waals surface area contributed by atoms with Crippen LogP contribution in [-0.4, -0.2) is 54.6 Å². The number of rotatable bonds is 5. The van der Waals surface area contributed by atoms with Gasteiger partial charge >= 0.3 is 0 Å². The molecule has 2 aromatic rings. The van der Waals surface area contributed by atoms with Gasteiger partial charge < -0.3 is 10.2 Å². The molecule has 2 fully saturated rings. The Bertz CT molecular complexity index is 797. The molecule has 146 valence electrons. The number of likely N-dealkylation sites (tertiary alicyclic amines) is 1. The number of nitrogens with zero attached hydrogens (tertiary/aromatic N) is 3. The van der Waals surface area contributed by atoms with E-state index in [-0.39, 0.29) is 5.91 Å². The maximum atomic E-state index is 12.6. The third kappa shape index (κ3) is 4.11. The predicted octanol–water partition coefficient (Wildman–Crippen LogP) is 3.75. The molecule has 0 saturated carbocycles. The van der Waals surface area contributed by atoms with Crippen LogP contribution in [0.3, 0.4) is 0 Å². The van der Waals surface area contributed by atoms with E-state index < -0.39 is 0 Å². The van der Waals surface area contributed by atoms with Crippen molar-refractivity contribution in [3.63, 3.8) is 0 Å². The smallest absolute Gasteiger partial charge is 0.251 e. The molecule has 1 aromatic carbocycles. The average Bonchev–Trinajstić information content (AvgIpc) is 3.32. The van der Waals surface area contributed by atoms with Crippen LogP contribution in [0.2, 0.25) is 0 Å². The number of fused-ring (bicyclic) bond motifs is 1. The van der Waals surface area contributed by atoms with Gasteiger partial charge in [-0.3, -0.25) is 9.69 Å². The molecule has 2 aliphatic heterocycles. The molecule has 27 heavy (non-hydrogen) atoms. The Kier molecular flexibility index (Phi) is 5.64. The van der Waals surface area contributed by atoms with Crippen molar-refractivity contribution in [2.75, 3.05) is 37.6 Å². The summed E-state index contributed by atoms with van der Waals surface area (Å²) >= 11 is 1.71. The largest absolute Gasteiger partial charge is 0.350 e. The number of thiazole rings is 1. The van der Waals surface area contributed by atoms with Gasteiger partial charge in [0.05, 0.1) is 10.2 Å². The highest BCUT2D eigenvalue weighted by Gasteiger charge is 2.23. The van der Waals surface area contributed by atoms with Gasteiger partial charge in [-0.1, -0.05) is 25.2 Å². The van der Waals surface area contributed by atoms with Crippen molar-refractivity contribution in [1.29, 1.82) is 0 Å². The molecule has 0 unspecified atom stereocenters. The molecule has 0 aliphatic carbocycles. The molecule has 2 aliphatic rings. The Morgan fingerprint density at radius 1 is 1.26 bits per heavy atom. The lowest BCUT2D eigenvalue weighted by atomic mass is 10.00. The van der Waals surface area contributed by atoms with Gasteiger partial charge in [-0.2, -0.15) is 0 Å². The number of piperidine rings is 1. The highest BCUT2D eigenvalue weighted by molar-refractivity contribution is 7.22. The van der Waals surface area contributed by atoms with Crippen LogP contribution < -0.4 is 10.2 Å². The zero-order valence-electron chi connectivity index (χ0n) is 16.4. The van der Waals surface area contributed by atoms with Crippen LogP contribution in [0.4, 0.5) is 5.13 Å². The fourth-order valence-corrected chi connectivity index (χ4v) is 5.30. The predicted molar refractivity (Wildman–Crippen MR) is 113 cm³/mol. The highest BCUT2D eigenvalue weighted by Crippen LogP contribution is 2.32. The Morgan fingerprint density at radius 2 is 2.07 bits per heavy atom. The van der Waals surface area contributed by atoms with Crippen LogP contribution in [0.5, 0.6) is 0 Å². The van der Waals surface area contributed by atoms with Crippen molar-refractivity contribution in [3.8, 4) is 0 Å². The minimum atomic E-state index is 0.0293. The summed E-state index contributed by atoms with van der Waals surface area (Å²) < 4.78 is 1.10. The summed E-state index contributed by atoms with van der Waals surface area (Å²) in [5.74, 6) is 0.844. The van der Waals surface area contributed by atoms with E-state index in [1.807, 2.05) is 18.2 Å². The number of likely N-dealkylation sites (N-methyl/N-ethyl adjacent to an activating group) is 1. The molecule has 5 nitrogen and oxygen atoms in total. The highest BCUT2D eigenvalue weighted by atomic mass is 32.1. The summed E-state index contributed by atoms with van der Waals surface area (Å²) in [4.78, 5) is 22.3. The quantitative estimate of drug-likeness (QED) is 0.850. The van der Waals surface area contributed by atoms with Crippen molar-refractivity contribution >= 4 is 32.6 Å². The van der Waals surface area contributed by atoms with Gasteiger partial charge in [0.1, 0.15) is 0 Å². The van der Waals surface area contributed by atoms with Gasteiger partial charge in [-0.25, -0.2) is 4.98 Å². The monoisotopic (exact) mass is 386 g/mol. The van der Waals surface area contributed by atoms with Crippen LogP contribution >= 0.6 is 11.3 Å². The number of amides is 1. The summed E-state index contributed by atoms with van der Waals surface area (Å²) in [5.41, 5.74) is 1.74. The molecule has 1 N–H and O–H groups in total. The number of aromatic nitrogens is 1. The first-order valence-corrected chi connectivity index (χ1v) is 11.1. The summed E-state index contributed by atoms with van der Waals surface area (Å²) in [6, 6.07) is 6.39. The third-order valence-electron chi connectivity index (χ3n) is 6.10. The minimum Gasteiger partial charge on any atom is -0.350 e. The number of anilines is 1. The number of hydrogen-bond acceptors (Lipinski definition) is 5.